The molecule has 2 N–H and O–H groups in total. The molecule has 7 nitrogen and oxygen atoms in total. The van der Waals surface area contributed by atoms with Crippen LogP contribution in [0.4, 0.5) is 11.7 Å². The lowest BCUT2D eigenvalue weighted by atomic mass is 10.2. The van der Waals surface area contributed by atoms with Crippen molar-refractivity contribution < 1.29 is 13.7 Å². The molecule has 0 aliphatic carbocycles. The zero-order chi connectivity index (χ0) is 19.3. The molecule has 0 fully saturated rings. The van der Waals surface area contributed by atoms with Crippen molar-refractivity contribution in [3.63, 3.8) is 0 Å². The number of hydrogen-bond acceptors (Lipinski definition) is 6. The van der Waals surface area contributed by atoms with Crippen LogP contribution in [-0.2, 0) is 6.54 Å². The largest absolute Gasteiger partial charge is 0.459 e. The fraction of sp³-hybridized carbons (Fsp3) is 0.0500. The van der Waals surface area contributed by atoms with Crippen LogP contribution in [0.5, 0.6) is 0 Å². The molecule has 2 aromatic heterocycles. The molecule has 0 radical (unpaired) electrons. The van der Waals surface area contributed by atoms with Gasteiger partial charge in [0.05, 0.1) is 6.26 Å². The lowest BCUT2D eigenvalue weighted by molar-refractivity contribution is 0.0996. The summed E-state index contributed by atoms with van der Waals surface area (Å²) in [6, 6.07) is 18.2. The Morgan fingerprint density at radius 2 is 1.96 bits per heavy atom. The molecule has 0 bridgehead atoms. The molecular weight excluding hydrogens is 380 g/mol. The van der Waals surface area contributed by atoms with Crippen molar-refractivity contribution in [2.45, 2.75) is 6.54 Å². The Morgan fingerprint density at radius 3 is 2.79 bits per heavy atom. The second-order valence-electron chi connectivity index (χ2n) is 5.92. The smallest absolute Gasteiger partial charge is 0.322 e. The van der Waals surface area contributed by atoms with E-state index >= 15 is 0 Å². The summed E-state index contributed by atoms with van der Waals surface area (Å²) in [5, 5.41) is 10.4. The van der Waals surface area contributed by atoms with Crippen LogP contribution in [0.25, 0.3) is 11.4 Å². The molecule has 8 heteroatoms. The molecule has 0 unspecified atom stereocenters. The van der Waals surface area contributed by atoms with Gasteiger partial charge in [0.2, 0.25) is 5.82 Å². The maximum Gasteiger partial charge on any atom is 0.322 e. The van der Waals surface area contributed by atoms with Crippen LogP contribution < -0.4 is 10.6 Å². The van der Waals surface area contributed by atoms with Crippen molar-refractivity contribution in [1.29, 1.82) is 0 Å². The van der Waals surface area contributed by atoms with Crippen LogP contribution in [0.2, 0.25) is 5.02 Å². The number of rotatable bonds is 6. The molecule has 0 aliphatic rings. The highest BCUT2D eigenvalue weighted by Crippen LogP contribution is 2.21. The molecule has 0 spiro atoms. The van der Waals surface area contributed by atoms with Crippen LogP contribution >= 0.6 is 11.6 Å². The Bertz CT molecular complexity index is 1090. The van der Waals surface area contributed by atoms with Crippen molar-refractivity contribution in [2.24, 2.45) is 0 Å². The third kappa shape index (κ3) is 4.21. The van der Waals surface area contributed by atoms with E-state index in [1.54, 1.807) is 30.3 Å². The monoisotopic (exact) mass is 394 g/mol. The molecular formula is C20H15ClN4O3. The first-order chi connectivity index (χ1) is 13.7. The summed E-state index contributed by atoms with van der Waals surface area (Å²) in [5.74, 6) is 0.394. The van der Waals surface area contributed by atoms with Gasteiger partial charge < -0.3 is 19.6 Å². The number of nitrogens with zero attached hydrogens (tertiary/aromatic N) is 2. The first-order valence-electron chi connectivity index (χ1n) is 8.45. The zero-order valence-corrected chi connectivity index (χ0v) is 15.3. The van der Waals surface area contributed by atoms with Crippen LogP contribution in [-0.4, -0.2) is 16.0 Å². The van der Waals surface area contributed by atoms with Crippen molar-refractivity contribution in [3.05, 3.63) is 83.3 Å². The number of anilines is 2. The van der Waals surface area contributed by atoms with Crippen molar-refractivity contribution in [1.82, 2.24) is 10.1 Å². The van der Waals surface area contributed by atoms with E-state index in [0.717, 1.165) is 11.1 Å². The molecule has 0 aliphatic heterocycles. The minimum Gasteiger partial charge on any atom is -0.459 e. The summed E-state index contributed by atoms with van der Waals surface area (Å²) in [5.41, 5.74) is 2.36. The Hall–Kier alpha value is -3.58. The van der Waals surface area contributed by atoms with E-state index in [-0.39, 0.29) is 11.7 Å². The van der Waals surface area contributed by atoms with Gasteiger partial charge in [-0.1, -0.05) is 41.0 Å². The second kappa shape index (κ2) is 7.98. The SMILES string of the molecule is O=C(Nc1cccc(CNc2nc(-c3cccc(Cl)c3)no2)c1)c1ccco1. The minimum absolute atomic E-state index is 0.253. The van der Waals surface area contributed by atoms with E-state index in [1.165, 1.54) is 6.26 Å². The fourth-order valence-corrected chi connectivity index (χ4v) is 2.77. The van der Waals surface area contributed by atoms with Crippen molar-refractivity contribution in [3.8, 4) is 11.4 Å². The summed E-state index contributed by atoms with van der Waals surface area (Å²) in [7, 11) is 0. The third-order valence-corrected chi connectivity index (χ3v) is 4.12. The average Bonchev–Trinajstić information content (AvgIpc) is 3.39. The Kier molecular flexibility index (Phi) is 5.07. The molecule has 0 saturated carbocycles. The number of furan rings is 1. The average molecular weight is 395 g/mol. The normalized spacial score (nSPS) is 10.6. The van der Waals surface area contributed by atoms with E-state index in [2.05, 4.69) is 20.8 Å². The topological polar surface area (TPSA) is 93.2 Å². The summed E-state index contributed by atoms with van der Waals surface area (Å²) >= 11 is 5.99. The molecule has 2 aromatic carbocycles. The number of nitrogens with one attached hydrogen (secondary N) is 2. The van der Waals surface area contributed by atoms with Crippen molar-refractivity contribution >= 4 is 29.2 Å². The molecule has 140 valence electrons. The lowest BCUT2D eigenvalue weighted by Crippen LogP contribution is -2.11. The number of carbonyl (C=O) groups is 1. The molecule has 28 heavy (non-hydrogen) atoms. The maximum absolute atomic E-state index is 12.1. The highest BCUT2D eigenvalue weighted by molar-refractivity contribution is 6.30. The Balaban J connectivity index is 1.39. The number of amides is 1. The van der Waals surface area contributed by atoms with E-state index in [9.17, 15) is 4.79 Å². The van der Waals surface area contributed by atoms with Gasteiger partial charge in [0, 0.05) is 22.8 Å². The number of hydrogen-bond donors (Lipinski definition) is 2. The van der Waals surface area contributed by atoms with E-state index < -0.39 is 0 Å². The van der Waals surface area contributed by atoms with E-state index in [0.29, 0.717) is 29.1 Å². The van der Waals surface area contributed by atoms with Gasteiger partial charge in [0.25, 0.3) is 5.91 Å². The standard InChI is InChI=1S/C20H15ClN4O3/c21-15-6-2-5-14(11-15)18-24-20(28-25-18)22-12-13-4-1-7-16(10-13)23-19(26)17-8-3-9-27-17/h1-11H,12H2,(H,23,26)(H,22,24,25). The third-order valence-electron chi connectivity index (χ3n) is 3.88. The Labute approximate surface area is 165 Å². The predicted molar refractivity (Wildman–Crippen MR) is 105 cm³/mol. The first kappa shape index (κ1) is 17.8. The van der Waals surface area contributed by atoms with Crippen LogP contribution in [0.1, 0.15) is 16.1 Å². The molecule has 4 aromatic rings. The van der Waals surface area contributed by atoms with Gasteiger partial charge in [0.1, 0.15) is 0 Å². The summed E-state index contributed by atoms with van der Waals surface area (Å²) in [4.78, 5) is 16.4. The second-order valence-corrected chi connectivity index (χ2v) is 6.36. The van der Waals surface area contributed by atoms with Crippen LogP contribution in [0.15, 0.2) is 75.9 Å². The number of carbonyl (C=O) groups excluding carboxylic acids is 1. The summed E-state index contributed by atoms with van der Waals surface area (Å²) in [6.45, 7) is 0.446. The molecule has 0 atom stereocenters. The maximum atomic E-state index is 12.1. The fourth-order valence-electron chi connectivity index (χ4n) is 2.58. The predicted octanol–water partition coefficient (Wildman–Crippen LogP) is 4.85. The summed E-state index contributed by atoms with van der Waals surface area (Å²) in [6.07, 6.45) is 1.46. The molecule has 0 saturated heterocycles. The van der Waals surface area contributed by atoms with Gasteiger partial charge in [-0.15, -0.1) is 0 Å². The van der Waals surface area contributed by atoms with Crippen LogP contribution in [0.3, 0.4) is 0 Å². The minimum atomic E-state index is -0.307. The summed E-state index contributed by atoms with van der Waals surface area (Å²) < 4.78 is 10.3. The number of halogens is 1. The van der Waals surface area contributed by atoms with Gasteiger partial charge in [-0.25, -0.2) is 0 Å². The van der Waals surface area contributed by atoms with Gasteiger partial charge in [-0.05, 0) is 42.0 Å². The Morgan fingerprint density at radius 1 is 1.07 bits per heavy atom. The van der Waals surface area contributed by atoms with E-state index in [1.807, 2.05) is 30.3 Å². The van der Waals surface area contributed by atoms with Crippen molar-refractivity contribution in [2.75, 3.05) is 10.6 Å². The van der Waals surface area contributed by atoms with Gasteiger partial charge in [-0.2, -0.15) is 4.98 Å². The highest BCUT2D eigenvalue weighted by Gasteiger charge is 2.10. The zero-order valence-electron chi connectivity index (χ0n) is 14.6. The quantitative estimate of drug-likeness (QED) is 0.485. The lowest BCUT2D eigenvalue weighted by Gasteiger charge is -2.06. The number of aromatic nitrogens is 2. The van der Waals surface area contributed by atoms with Gasteiger partial charge >= 0.3 is 6.01 Å². The van der Waals surface area contributed by atoms with E-state index in [4.69, 9.17) is 20.5 Å². The van der Waals surface area contributed by atoms with Gasteiger partial charge in [-0.3, -0.25) is 4.79 Å². The van der Waals surface area contributed by atoms with Crippen LogP contribution in [0, 0.1) is 0 Å². The highest BCUT2D eigenvalue weighted by atomic mass is 35.5. The van der Waals surface area contributed by atoms with Gasteiger partial charge in [0.15, 0.2) is 5.76 Å². The molecule has 1 amide bonds. The molecule has 2 heterocycles. The first-order valence-corrected chi connectivity index (χ1v) is 8.82. The number of benzene rings is 2. The molecule has 4 rings (SSSR count).